The molecule has 5 nitrogen and oxygen atoms in total. The highest BCUT2D eigenvalue weighted by molar-refractivity contribution is 5.61. The summed E-state index contributed by atoms with van der Waals surface area (Å²) in [5, 5.41) is 9.24. The van der Waals surface area contributed by atoms with E-state index in [-0.39, 0.29) is 5.75 Å². The average Bonchev–Trinajstić information content (AvgIpc) is 2.34. The molecule has 2 aromatic rings. The first-order valence-electron chi connectivity index (χ1n) is 5.68. The molecule has 0 fully saturated rings. The number of aromatic hydroxyl groups is 1. The van der Waals surface area contributed by atoms with E-state index in [1.165, 1.54) is 0 Å². The molecule has 1 aromatic heterocycles. The third-order valence-electron chi connectivity index (χ3n) is 2.48. The molecule has 0 aliphatic carbocycles. The number of nitrogen functional groups attached to an aromatic ring is 1. The zero-order valence-corrected chi connectivity index (χ0v) is 10.3. The van der Waals surface area contributed by atoms with Crippen LogP contribution in [0.2, 0.25) is 0 Å². The van der Waals surface area contributed by atoms with E-state index in [0.29, 0.717) is 29.7 Å². The summed E-state index contributed by atoms with van der Waals surface area (Å²) in [7, 11) is 0. The molecule has 1 aromatic carbocycles. The number of hydrogen-bond donors (Lipinski definition) is 2. The van der Waals surface area contributed by atoms with E-state index in [1.807, 2.05) is 13.8 Å². The molecule has 0 saturated heterocycles. The monoisotopic (exact) mass is 245 g/mol. The molecule has 0 unspecified atom stereocenters. The number of hydrogen-bond acceptors (Lipinski definition) is 5. The normalized spacial score (nSPS) is 10.3. The maximum atomic E-state index is 9.24. The molecule has 1 heterocycles. The summed E-state index contributed by atoms with van der Waals surface area (Å²) in [6.45, 7) is 4.23. The fourth-order valence-electron chi connectivity index (χ4n) is 1.65. The highest BCUT2D eigenvalue weighted by atomic mass is 16.5. The van der Waals surface area contributed by atoms with Crippen molar-refractivity contribution in [3.05, 3.63) is 30.0 Å². The highest BCUT2D eigenvalue weighted by Crippen LogP contribution is 2.27. The predicted molar refractivity (Wildman–Crippen MR) is 69.5 cm³/mol. The standard InChI is InChI=1S/C13H15N3O2/c1-3-18-11-8(2)15-13(16-12(11)14)9-4-6-10(17)7-5-9/h4-7,17H,3H2,1-2H3,(H2,14,15,16). The molecule has 0 spiro atoms. The Hall–Kier alpha value is -2.30. The number of phenolic OH excluding ortho intramolecular Hbond substituents is 1. The largest absolute Gasteiger partial charge is 0.508 e. The first-order chi connectivity index (χ1) is 8.61. The second-order valence-electron chi connectivity index (χ2n) is 3.83. The number of nitrogens with two attached hydrogens (primary N) is 1. The molecular weight excluding hydrogens is 230 g/mol. The average molecular weight is 245 g/mol. The van der Waals surface area contributed by atoms with Crippen molar-refractivity contribution in [3.8, 4) is 22.9 Å². The molecule has 0 atom stereocenters. The fraction of sp³-hybridized carbons (Fsp3) is 0.231. The van der Waals surface area contributed by atoms with Crippen LogP contribution in [0.25, 0.3) is 11.4 Å². The second-order valence-corrected chi connectivity index (χ2v) is 3.83. The third-order valence-corrected chi connectivity index (χ3v) is 2.48. The van der Waals surface area contributed by atoms with Crippen LogP contribution in [0.1, 0.15) is 12.6 Å². The van der Waals surface area contributed by atoms with Crippen LogP contribution in [0.15, 0.2) is 24.3 Å². The predicted octanol–water partition coefficient (Wildman–Crippen LogP) is 2.14. The van der Waals surface area contributed by atoms with Gasteiger partial charge >= 0.3 is 0 Å². The number of benzene rings is 1. The van der Waals surface area contributed by atoms with Crippen LogP contribution in [-0.2, 0) is 0 Å². The third kappa shape index (κ3) is 2.34. The van der Waals surface area contributed by atoms with E-state index in [4.69, 9.17) is 10.5 Å². The highest BCUT2D eigenvalue weighted by Gasteiger charge is 2.11. The van der Waals surface area contributed by atoms with Gasteiger partial charge in [-0.05, 0) is 38.1 Å². The maximum absolute atomic E-state index is 9.24. The number of anilines is 1. The van der Waals surface area contributed by atoms with Crippen molar-refractivity contribution in [3.63, 3.8) is 0 Å². The Morgan fingerprint density at radius 2 is 1.89 bits per heavy atom. The van der Waals surface area contributed by atoms with Crippen LogP contribution in [-0.4, -0.2) is 21.7 Å². The van der Waals surface area contributed by atoms with Gasteiger partial charge in [0.15, 0.2) is 17.4 Å². The molecule has 3 N–H and O–H groups in total. The summed E-state index contributed by atoms with van der Waals surface area (Å²) in [4.78, 5) is 8.57. The summed E-state index contributed by atoms with van der Waals surface area (Å²) < 4.78 is 5.39. The van der Waals surface area contributed by atoms with Crippen LogP contribution < -0.4 is 10.5 Å². The Kier molecular flexibility index (Phi) is 3.32. The van der Waals surface area contributed by atoms with Crippen molar-refractivity contribution in [2.45, 2.75) is 13.8 Å². The van der Waals surface area contributed by atoms with Gasteiger partial charge in [-0.1, -0.05) is 0 Å². The van der Waals surface area contributed by atoms with Gasteiger partial charge in [0.05, 0.1) is 12.3 Å². The Labute approximate surface area is 105 Å². The lowest BCUT2D eigenvalue weighted by Crippen LogP contribution is -2.05. The first kappa shape index (κ1) is 12.2. The molecule has 0 aliphatic rings. The Morgan fingerprint density at radius 3 is 2.44 bits per heavy atom. The smallest absolute Gasteiger partial charge is 0.182 e. The molecule has 0 amide bonds. The van der Waals surface area contributed by atoms with Gasteiger partial charge in [0.1, 0.15) is 5.75 Å². The fourth-order valence-corrected chi connectivity index (χ4v) is 1.65. The molecule has 0 aliphatic heterocycles. The number of aryl methyl sites for hydroxylation is 1. The lowest BCUT2D eigenvalue weighted by Gasteiger charge is -2.10. The quantitative estimate of drug-likeness (QED) is 0.865. The Bertz CT molecular complexity index is 530. The van der Waals surface area contributed by atoms with Crippen molar-refractivity contribution < 1.29 is 9.84 Å². The minimum Gasteiger partial charge on any atom is -0.508 e. The first-order valence-corrected chi connectivity index (χ1v) is 5.68. The van der Waals surface area contributed by atoms with Crippen molar-refractivity contribution >= 4 is 5.82 Å². The maximum Gasteiger partial charge on any atom is 0.182 e. The summed E-state index contributed by atoms with van der Waals surface area (Å²) in [5.74, 6) is 1.58. The van der Waals surface area contributed by atoms with Gasteiger partial charge < -0.3 is 15.6 Å². The number of aromatic nitrogens is 2. The van der Waals surface area contributed by atoms with Crippen LogP contribution in [0.5, 0.6) is 11.5 Å². The van der Waals surface area contributed by atoms with Crippen LogP contribution in [0, 0.1) is 6.92 Å². The molecule has 5 heteroatoms. The molecule has 0 bridgehead atoms. The van der Waals surface area contributed by atoms with Crippen molar-refractivity contribution in [2.75, 3.05) is 12.3 Å². The van der Waals surface area contributed by atoms with Crippen molar-refractivity contribution in [1.82, 2.24) is 9.97 Å². The van der Waals surface area contributed by atoms with Gasteiger partial charge in [-0.25, -0.2) is 9.97 Å². The second kappa shape index (κ2) is 4.91. The molecule has 0 radical (unpaired) electrons. The number of phenols is 1. The molecule has 2 rings (SSSR count). The van der Waals surface area contributed by atoms with Gasteiger partial charge in [0.2, 0.25) is 0 Å². The molecule has 0 saturated carbocycles. The van der Waals surface area contributed by atoms with Gasteiger partial charge in [-0.2, -0.15) is 0 Å². The van der Waals surface area contributed by atoms with Gasteiger partial charge in [-0.15, -0.1) is 0 Å². The molecule has 94 valence electrons. The summed E-state index contributed by atoms with van der Waals surface area (Å²) in [6.07, 6.45) is 0. The van der Waals surface area contributed by atoms with E-state index >= 15 is 0 Å². The number of nitrogens with zero attached hydrogens (tertiary/aromatic N) is 2. The zero-order chi connectivity index (χ0) is 13.1. The minimum atomic E-state index is 0.203. The topological polar surface area (TPSA) is 81.3 Å². The zero-order valence-electron chi connectivity index (χ0n) is 10.3. The lowest BCUT2D eigenvalue weighted by molar-refractivity contribution is 0.337. The minimum absolute atomic E-state index is 0.203. The van der Waals surface area contributed by atoms with Crippen molar-refractivity contribution in [2.24, 2.45) is 0 Å². The van der Waals surface area contributed by atoms with E-state index in [1.54, 1.807) is 24.3 Å². The molecule has 18 heavy (non-hydrogen) atoms. The van der Waals surface area contributed by atoms with Gasteiger partial charge in [-0.3, -0.25) is 0 Å². The summed E-state index contributed by atoms with van der Waals surface area (Å²) in [6, 6.07) is 6.65. The summed E-state index contributed by atoms with van der Waals surface area (Å²) >= 11 is 0. The van der Waals surface area contributed by atoms with E-state index in [0.717, 1.165) is 5.56 Å². The van der Waals surface area contributed by atoms with Crippen LogP contribution >= 0.6 is 0 Å². The number of ether oxygens (including phenoxy) is 1. The Morgan fingerprint density at radius 1 is 1.22 bits per heavy atom. The van der Waals surface area contributed by atoms with Gasteiger partial charge in [0.25, 0.3) is 0 Å². The van der Waals surface area contributed by atoms with E-state index in [2.05, 4.69) is 9.97 Å². The van der Waals surface area contributed by atoms with Gasteiger partial charge in [0, 0.05) is 5.56 Å². The van der Waals surface area contributed by atoms with E-state index < -0.39 is 0 Å². The molecular formula is C13H15N3O2. The van der Waals surface area contributed by atoms with Crippen molar-refractivity contribution in [1.29, 1.82) is 0 Å². The SMILES string of the molecule is CCOc1c(C)nc(-c2ccc(O)cc2)nc1N. The van der Waals surface area contributed by atoms with E-state index in [9.17, 15) is 5.11 Å². The Balaban J connectivity index is 2.44. The summed E-state index contributed by atoms with van der Waals surface area (Å²) in [5.41, 5.74) is 7.35. The van der Waals surface area contributed by atoms with Crippen LogP contribution in [0.3, 0.4) is 0 Å². The number of rotatable bonds is 3. The van der Waals surface area contributed by atoms with Crippen LogP contribution in [0.4, 0.5) is 5.82 Å². The lowest BCUT2D eigenvalue weighted by atomic mass is 10.2.